The molecule has 0 aliphatic heterocycles. The lowest BCUT2D eigenvalue weighted by Gasteiger charge is -2.18. The van der Waals surface area contributed by atoms with Crippen molar-refractivity contribution in [1.29, 1.82) is 0 Å². The molecule has 0 amide bonds. The molecule has 0 aliphatic rings. The topological polar surface area (TPSA) is 17.1 Å². The van der Waals surface area contributed by atoms with Gasteiger partial charge in [-0.2, -0.15) is 0 Å². The van der Waals surface area contributed by atoms with Crippen LogP contribution in [0.5, 0.6) is 0 Å². The molecule has 1 nitrogen and oxygen atoms in total. The predicted octanol–water partition coefficient (Wildman–Crippen LogP) is 4.53. The van der Waals surface area contributed by atoms with Gasteiger partial charge in [-0.3, -0.25) is 4.79 Å². The Balaban J connectivity index is 3.41. The minimum atomic E-state index is 0.271. The van der Waals surface area contributed by atoms with Crippen LogP contribution in [0.25, 0.3) is 0 Å². The van der Waals surface area contributed by atoms with Gasteiger partial charge >= 0.3 is 0 Å². The Morgan fingerprint density at radius 2 is 1.50 bits per heavy atom. The molecule has 0 saturated heterocycles. The van der Waals surface area contributed by atoms with Crippen LogP contribution in [0.4, 0.5) is 0 Å². The lowest BCUT2D eigenvalue weighted by atomic mass is 9.86. The van der Waals surface area contributed by atoms with Crippen LogP contribution in [0.3, 0.4) is 0 Å². The second-order valence-corrected chi connectivity index (χ2v) is 4.90. The highest BCUT2D eigenvalue weighted by molar-refractivity contribution is 5.99. The Kier molecular flexibility index (Phi) is 4.28. The lowest BCUT2D eigenvalue weighted by Crippen LogP contribution is -2.09. The first-order valence-corrected chi connectivity index (χ1v) is 6.15. The van der Waals surface area contributed by atoms with E-state index in [4.69, 9.17) is 0 Å². The van der Waals surface area contributed by atoms with Crippen molar-refractivity contribution in [2.75, 3.05) is 0 Å². The molecule has 0 saturated carbocycles. The van der Waals surface area contributed by atoms with Gasteiger partial charge in [0.15, 0.2) is 5.78 Å². The maximum Gasteiger partial charge on any atom is 0.163 e. The van der Waals surface area contributed by atoms with Gasteiger partial charge in [0.1, 0.15) is 0 Å². The first-order valence-electron chi connectivity index (χ1n) is 6.15. The Morgan fingerprint density at radius 3 is 1.81 bits per heavy atom. The van der Waals surface area contributed by atoms with Crippen LogP contribution in [0.2, 0.25) is 0 Å². The molecule has 16 heavy (non-hydrogen) atoms. The molecular weight excluding hydrogens is 196 g/mol. The number of hydrogen-bond acceptors (Lipinski definition) is 1. The van der Waals surface area contributed by atoms with Crippen molar-refractivity contribution in [2.24, 2.45) is 0 Å². The number of rotatable bonds is 4. The summed E-state index contributed by atoms with van der Waals surface area (Å²) in [7, 11) is 0. The van der Waals surface area contributed by atoms with Crippen molar-refractivity contribution in [3.8, 4) is 0 Å². The highest BCUT2D eigenvalue weighted by atomic mass is 16.1. The van der Waals surface area contributed by atoms with E-state index in [0.29, 0.717) is 18.3 Å². The number of hydrogen-bond donors (Lipinski definition) is 0. The third kappa shape index (κ3) is 2.52. The first kappa shape index (κ1) is 13.0. The molecule has 0 heterocycles. The quantitative estimate of drug-likeness (QED) is 0.679. The normalized spacial score (nSPS) is 11.2. The Morgan fingerprint density at radius 1 is 1.06 bits per heavy atom. The molecule has 1 rings (SSSR count). The van der Waals surface area contributed by atoms with Crippen molar-refractivity contribution in [3.05, 3.63) is 34.9 Å². The summed E-state index contributed by atoms with van der Waals surface area (Å²) >= 11 is 0. The van der Waals surface area contributed by atoms with Crippen LogP contribution in [0.1, 0.15) is 74.4 Å². The molecule has 0 N–H and O–H groups in total. The van der Waals surface area contributed by atoms with E-state index in [2.05, 4.69) is 45.9 Å². The Labute approximate surface area is 98.9 Å². The van der Waals surface area contributed by atoms with E-state index < -0.39 is 0 Å². The molecule has 0 atom stereocenters. The van der Waals surface area contributed by atoms with Crippen LogP contribution >= 0.6 is 0 Å². The molecule has 1 aromatic carbocycles. The molecule has 0 fully saturated rings. The van der Waals surface area contributed by atoms with Crippen molar-refractivity contribution in [1.82, 2.24) is 0 Å². The van der Waals surface area contributed by atoms with Gasteiger partial charge in [-0.1, -0.05) is 52.8 Å². The fraction of sp³-hybridized carbons (Fsp3) is 0.533. The number of Topliss-reactive ketones (excluding diaryl/α,β-unsaturated/α-hetero) is 1. The van der Waals surface area contributed by atoms with E-state index in [1.54, 1.807) is 0 Å². The smallest absolute Gasteiger partial charge is 0.163 e. The van der Waals surface area contributed by atoms with Gasteiger partial charge in [0.05, 0.1) is 0 Å². The molecule has 1 aromatic rings. The fourth-order valence-electron chi connectivity index (χ4n) is 2.05. The van der Waals surface area contributed by atoms with Gasteiger partial charge in [0.25, 0.3) is 0 Å². The van der Waals surface area contributed by atoms with Crippen molar-refractivity contribution in [3.63, 3.8) is 0 Å². The third-order valence-electron chi connectivity index (χ3n) is 2.97. The molecule has 0 unspecified atom stereocenters. The summed E-state index contributed by atoms with van der Waals surface area (Å²) in [5, 5.41) is 0. The van der Waals surface area contributed by atoms with E-state index in [9.17, 15) is 4.79 Å². The van der Waals surface area contributed by atoms with E-state index in [-0.39, 0.29) is 5.78 Å². The lowest BCUT2D eigenvalue weighted by molar-refractivity contribution is 0.0985. The van der Waals surface area contributed by atoms with Gasteiger partial charge < -0.3 is 0 Å². The first-order chi connectivity index (χ1) is 7.49. The van der Waals surface area contributed by atoms with Gasteiger partial charge in [-0.05, 0) is 23.0 Å². The third-order valence-corrected chi connectivity index (χ3v) is 2.97. The Hall–Kier alpha value is -1.11. The van der Waals surface area contributed by atoms with Gasteiger partial charge in [0, 0.05) is 12.0 Å². The van der Waals surface area contributed by atoms with Crippen LogP contribution < -0.4 is 0 Å². The average Bonchev–Trinajstić information content (AvgIpc) is 2.26. The minimum Gasteiger partial charge on any atom is -0.294 e. The molecule has 0 aromatic heterocycles. The fourth-order valence-corrected chi connectivity index (χ4v) is 2.05. The van der Waals surface area contributed by atoms with Gasteiger partial charge in [-0.25, -0.2) is 0 Å². The molecule has 0 spiro atoms. The maximum absolute atomic E-state index is 12.1. The number of ketones is 1. The number of carbonyl (C=O) groups is 1. The zero-order valence-corrected chi connectivity index (χ0v) is 11.0. The summed E-state index contributed by atoms with van der Waals surface area (Å²) in [6.07, 6.45) is 0.587. The van der Waals surface area contributed by atoms with Crippen LogP contribution in [0, 0.1) is 0 Å². The van der Waals surface area contributed by atoms with E-state index >= 15 is 0 Å². The van der Waals surface area contributed by atoms with Crippen LogP contribution in [-0.4, -0.2) is 5.78 Å². The maximum atomic E-state index is 12.1. The van der Waals surface area contributed by atoms with E-state index in [1.165, 1.54) is 11.1 Å². The second kappa shape index (κ2) is 5.29. The minimum absolute atomic E-state index is 0.271. The SMILES string of the molecule is CCC(=O)c1c(C(C)C)cccc1C(C)C. The molecule has 1 heteroatoms. The summed E-state index contributed by atoms with van der Waals surface area (Å²) in [6.45, 7) is 10.5. The highest BCUT2D eigenvalue weighted by Gasteiger charge is 2.17. The molecule has 0 radical (unpaired) electrons. The molecule has 0 bridgehead atoms. The average molecular weight is 218 g/mol. The van der Waals surface area contributed by atoms with E-state index in [0.717, 1.165) is 5.56 Å². The summed E-state index contributed by atoms with van der Waals surface area (Å²) in [5.74, 6) is 1.08. The molecule has 0 aliphatic carbocycles. The monoisotopic (exact) mass is 218 g/mol. The van der Waals surface area contributed by atoms with Crippen LogP contribution in [0.15, 0.2) is 18.2 Å². The van der Waals surface area contributed by atoms with Crippen molar-refractivity contribution < 1.29 is 4.79 Å². The summed E-state index contributed by atoms with van der Waals surface area (Å²) < 4.78 is 0. The van der Waals surface area contributed by atoms with Gasteiger partial charge in [0.2, 0.25) is 0 Å². The second-order valence-electron chi connectivity index (χ2n) is 4.90. The summed E-state index contributed by atoms with van der Waals surface area (Å²) in [4.78, 5) is 12.1. The summed E-state index contributed by atoms with van der Waals surface area (Å²) in [6, 6.07) is 6.23. The van der Waals surface area contributed by atoms with Crippen molar-refractivity contribution >= 4 is 5.78 Å². The number of carbonyl (C=O) groups excluding carboxylic acids is 1. The Bertz CT molecular complexity index is 349. The summed E-state index contributed by atoms with van der Waals surface area (Å²) in [5.41, 5.74) is 3.35. The van der Waals surface area contributed by atoms with E-state index in [1.807, 2.05) is 6.92 Å². The molecule has 88 valence electrons. The largest absolute Gasteiger partial charge is 0.294 e. The predicted molar refractivity (Wildman–Crippen MR) is 69.2 cm³/mol. The van der Waals surface area contributed by atoms with Gasteiger partial charge in [-0.15, -0.1) is 0 Å². The zero-order chi connectivity index (χ0) is 12.3. The van der Waals surface area contributed by atoms with Crippen molar-refractivity contribution in [2.45, 2.75) is 52.9 Å². The standard InChI is InChI=1S/C15H22O/c1-6-14(16)15-12(10(2)3)8-7-9-13(15)11(4)5/h7-11H,6H2,1-5H3. The molecular formula is C15H22O. The van der Waals surface area contributed by atoms with Crippen LogP contribution in [-0.2, 0) is 0 Å². The highest BCUT2D eigenvalue weighted by Crippen LogP contribution is 2.28. The number of benzene rings is 1. The zero-order valence-electron chi connectivity index (χ0n) is 11.0.